The third kappa shape index (κ3) is 5.05. The van der Waals surface area contributed by atoms with Crippen LogP contribution in [0.25, 0.3) is 21.3 Å². The van der Waals surface area contributed by atoms with E-state index < -0.39 is 0 Å². The Morgan fingerprint density at radius 1 is 1.18 bits per heavy atom. The molecule has 0 unspecified atom stereocenters. The summed E-state index contributed by atoms with van der Waals surface area (Å²) in [5.41, 5.74) is 2.31. The van der Waals surface area contributed by atoms with E-state index in [1.165, 1.54) is 4.88 Å². The Labute approximate surface area is 169 Å². The smallest absolute Gasteiger partial charge is 0.221 e. The van der Waals surface area contributed by atoms with Crippen LogP contribution in [0.1, 0.15) is 24.6 Å². The van der Waals surface area contributed by atoms with Crippen LogP contribution < -0.4 is 10.6 Å². The van der Waals surface area contributed by atoms with Gasteiger partial charge in [-0.3, -0.25) is 4.79 Å². The molecule has 3 aromatic rings. The Morgan fingerprint density at radius 3 is 2.79 bits per heavy atom. The quantitative estimate of drug-likeness (QED) is 0.505. The van der Waals surface area contributed by atoms with Crippen molar-refractivity contribution in [1.29, 1.82) is 0 Å². The third-order valence-corrected chi connectivity index (χ3v) is 5.38. The van der Waals surface area contributed by atoms with Crippen molar-refractivity contribution in [3.63, 3.8) is 0 Å². The van der Waals surface area contributed by atoms with Gasteiger partial charge < -0.3 is 15.4 Å². The standard InChI is InChI=1S/C21H26N4O2S/c1-3-27-13-7-11-22-17(26)10-12-23-20-19-18(16-8-5-4-6-9-16)15(2)28-21(19)25-14-24-20/h4-6,8-9,14H,3,7,10-13H2,1-2H3,(H,22,26)(H,23,24,25). The van der Waals surface area contributed by atoms with E-state index >= 15 is 0 Å². The summed E-state index contributed by atoms with van der Waals surface area (Å²) in [5.74, 6) is 0.802. The molecule has 2 N–H and O–H groups in total. The number of carbonyl (C=O) groups is 1. The van der Waals surface area contributed by atoms with Crippen molar-refractivity contribution in [3.8, 4) is 11.1 Å². The molecule has 2 heterocycles. The van der Waals surface area contributed by atoms with Gasteiger partial charge in [0.05, 0.1) is 5.39 Å². The molecule has 1 amide bonds. The van der Waals surface area contributed by atoms with Crippen LogP contribution in [0.15, 0.2) is 36.7 Å². The lowest BCUT2D eigenvalue weighted by Crippen LogP contribution is -2.27. The first-order valence-electron chi connectivity index (χ1n) is 9.58. The van der Waals surface area contributed by atoms with Gasteiger partial charge in [-0.15, -0.1) is 11.3 Å². The number of fused-ring (bicyclic) bond motifs is 1. The number of ether oxygens (including phenoxy) is 1. The van der Waals surface area contributed by atoms with Crippen LogP contribution in [0.2, 0.25) is 0 Å². The van der Waals surface area contributed by atoms with Crippen molar-refractivity contribution in [1.82, 2.24) is 15.3 Å². The van der Waals surface area contributed by atoms with Crippen LogP contribution in [-0.4, -0.2) is 42.2 Å². The summed E-state index contributed by atoms with van der Waals surface area (Å²) in [5, 5.41) is 7.26. The van der Waals surface area contributed by atoms with E-state index in [9.17, 15) is 4.79 Å². The van der Waals surface area contributed by atoms with Crippen molar-refractivity contribution in [3.05, 3.63) is 41.5 Å². The first kappa shape index (κ1) is 20.2. The predicted molar refractivity (Wildman–Crippen MR) is 115 cm³/mol. The molecule has 1 aromatic carbocycles. The van der Waals surface area contributed by atoms with Crippen molar-refractivity contribution in [2.45, 2.75) is 26.7 Å². The minimum Gasteiger partial charge on any atom is -0.382 e. The summed E-state index contributed by atoms with van der Waals surface area (Å²) in [6.07, 6.45) is 2.79. The van der Waals surface area contributed by atoms with Crippen molar-refractivity contribution in [2.75, 3.05) is 31.6 Å². The van der Waals surface area contributed by atoms with Gasteiger partial charge in [0, 0.05) is 43.2 Å². The molecule has 0 radical (unpaired) electrons. The summed E-state index contributed by atoms with van der Waals surface area (Å²) in [7, 11) is 0. The zero-order valence-electron chi connectivity index (χ0n) is 16.3. The second-order valence-electron chi connectivity index (χ2n) is 6.38. The van der Waals surface area contributed by atoms with Gasteiger partial charge in [-0.05, 0) is 25.8 Å². The van der Waals surface area contributed by atoms with Gasteiger partial charge in [0.15, 0.2) is 0 Å². The lowest BCUT2D eigenvalue weighted by Gasteiger charge is -2.09. The van der Waals surface area contributed by atoms with E-state index in [1.807, 2.05) is 25.1 Å². The van der Waals surface area contributed by atoms with Gasteiger partial charge in [0.25, 0.3) is 0 Å². The summed E-state index contributed by atoms with van der Waals surface area (Å²) < 4.78 is 5.27. The molecule has 6 nitrogen and oxygen atoms in total. The van der Waals surface area contributed by atoms with E-state index in [0.717, 1.165) is 33.6 Å². The van der Waals surface area contributed by atoms with Crippen LogP contribution in [-0.2, 0) is 9.53 Å². The van der Waals surface area contributed by atoms with E-state index in [-0.39, 0.29) is 5.91 Å². The predicted octanol–water partition coefficient (Wildman–Crippen LogP) is 4.01. The number of carbonyl (C=O) groups excluding carboxylic acids is 1. The van der Waals surface area contributed by atoms with Gasteiger partial charge in [0.1, 0.15) is 17.0 Å². The highest BCUT2D eigenvalue weighted by Crippen LogP contribution is 2.40. The van der Waals surface area contributed by atoms with Crippen molar-refractivity contribution in [2.24, 2.45) is 0 Å². The highest BCUT2D eigenvalue weighted by atomic mass is 32.1. The average molecular weight is 399 g/mol. The second kappa shape index (κ2) is 10.1. The van der Waals surface area contributed by atoms with Gasteiger partial charge in [-0.2, -0.15) is 0 Å². The molecule has 0 fully saturated rings. The first-order chi connectivity index (χ1) is 13.7. The molecule has 3 rings (SSSR count). The lowest BCUT2D eigenvalue weighted by molar-refractivity contribution is -0.120. The molecular formula is C21H26N4O2S. The normalized spacial score (nSPS) is 10.9. The number of benzene rings is 1. The Balaban J connectivity index is 1.65. The van der Waals surface area contributed by atoms with E-state index in [4.69, 9.17) is 4.74 Å². The third-order valence-electron chi connectivity index (χ3n) is 4.36. The molecule has 0 aliphatic rings. The van der Waals surface area contributed by atoms with Crippen LogP contribution in [0.3, 0.4) is 0 Å². The molecule has 148 valence electrons. The molecule has 28 heavy (non-hydrogen) atoms. The van der Waals surface area contributed by atoms with Crippen molar-refractivity contribution < 1.29 is 9.53 Å². The van der Waals surface area contributed by atoms with Gasteiger partial charge >= 0.3 is 0 Å². The van der Waals surface area contributed by atoms with Crippen molar-refractivity contribution >= 4 is 33.3 Å². The summed E-state index contributed by atoms with van der Waals surface area (Å²) in [6, 6.07) is 10.3. The number of hydrogen-bond acceptors (Lipinski definition) is 6. The number of anilines is 1. The number of aryl methyl sites for hydroxylation is 1. The molecule has 0 aliphatic heterocycles. The summed E-state index contributed by atoms with van der Waals surface area (Å²) in [6.45, 7) is 6.61. The fraction of sp³-hybridized carbons (Fsp3) is 0.381. The minimum absolute atomic E-state index is 0.0269. The average Bonchev–Trinajstić information content (AvgIpc) is 3.05. The van der Waals surface area contributed by atoms with Crippen LogP contribution >= 0.6 is 11.3 Å². The highest BCUT2D eigenvalue weighted by molar-refractivity contribution is 7.19. The zero-order valence-corrected chi connectivity index (χ0v) is 17.1. The largest absolute Gasteiger partial charge is 0.382 e. The zero-order chi connectivity index (χ0) is 19.8. The van der Waals surface area contributed by atoms with Gasteiger partial charge in [0.2, 0.25) is 5.91 Å². The molecule has 0 bridgehead atoms. The Kier molecular flexibility index (Phi) is 7.33. The Bertz CT molecular complexity index is 911. The molecule has 0 spiro atoms. The first-order valence-corrected chi connectivity index (χ1v) is 10.4. The minimum atomic E-state index is 0.0269. The van der Waals surface area contributed by atoms with E-state index in [1.54, 1.807) is 17.7 Å². The van der Waals surface area contributed by atoms with Crippen LogP contribution in [0.5, 0.6) is 0 Å². The van der Waals surface area contributed by atoms with Gasteiger partial charge in [-0.1, -0.05) is 30.3 Å². The fourth-order valence-corrected chi connectivity index (χ4v) is 4.07. The topological polar surface area (TPSA) is 76.1 Å². The molecule has 2 aromatic heterocycles. The highest BCUT2D eigenvalue weighted by Gasteiger charge is 2.16. The number of nitrogens with one attached hydrogen (secondary N) is 2. The number of amides is 1. The lowest BCUT2D eigenvalue weighted by atomic mass is 10.0. The number of hydrogen-bond donors (Lipinski definition) is 2. The van der Waals surface area contributed by atoms with Gasteiger partial charge in [-0.25, -0.2) is 9.97 Å². The molecule has 7 heteroatoms. The molecule has 0 saturated heterocycles. The molecule has 0 saturated carbocycles. The molecule has 0 atom stereocenters. The molecular weight excluding hydrogens is 372 g/mol. The number of aromatic nitrogens is 2. The van der Waals surface area contributed by atoms with Crippen LogP contribution in [0.4, 0.5) is 5.82 Å². The SMILES string of the molecule is CCOCCCNC(=O)CCNc1ncnc2sc(C)c(-c3ccccc3)c12. The maximum atomic E-state index is 12.0. The summed E-state index contributed by atoms with van der Waals surface area (Å²) in [4.78, 5) is 23.0. The Hall–Kier alpha value is -2.51. The van der Waals surface area contributed by atoms with E-state index in [0.29, 0.717) is 32.7 Å². The number of rotatable bonds is 10. The fourth-order valence-electron chi connectivity index (χ4n) is 3.06. The maximum absolute atomic E-state index is 12.0. The Morgan fingerprint density at radius 2 is 2.00 bits per heavy atom. The van der Waals surface area contributed by atoms with E-state index in [2.05, 4.69) is 39.7 Å². The molecule has 0 aliphatic carbocycles. The summed E-state index contributed by atoms with van der Waals surface area (Å²) >= 11 is 1.66. The second-order valence-corrected chi connectivity index (χ2v) is 7.58. The maximum Gasteiger partial charge on any atom is 0.221 e. The van der Waals surface area contributed by atoms with Crippen LogP contribution in [0, 0.1) is 6.92 Å². The number of thiophene rings is 1. The number of nitrogens with zero attached hydrogens (tertiary/aromatic N) is 2. The monoisotopic (exact) mass is 398 g/mol.